The van der Waals surface area contributed by atoms with Crippen molar-refractivity contribution in [2.75, 3.05) is 19.5 Å². The number of rotatable bonds is 7. The molecule has 2 aromatic carbocycles. The SMILES string of the molecule is COc1ccc(OC)c(Nc2cncc(C(=O)NCc3ccccc3Cl)c2)c1. The lowest BCUT2D eigenvalue weighted by molar-refractivity contribution is 0.0950. The van der Waals surface area contributed by atoms with Crippen molar-refractivity contribution in [1.82, 2.24) is 10.3 Å². The Balaban J connectivity index is 1.73. The molecular formula is C21H20ClN3O3. The van der Waals surface area contributed by atoms with Crippen LogP contribution in [0.1, 0.15) is 15.9 Å². The molecule has 0 radical (unpaired) electrons. The summed E-state index contributed by atoms with van der Waals surface area (Å²) in [6.45, 7) is 0.333. The number of anilines is 2. The van der Waals surface area contributed by atoms with Gasteiger partial charge in [-0.2, -0.15) is 0 Å². The van der Waals surface area contributed by atoms with Crippen molar-refractivity contribution in [3.8, 4) is 11.5 Å². The van der Waals surface area contributed by atoms with Crippen LogP contribution in [0.2, 0.25) is 5.02 Å². The molecule has 1 heterocycles. The van der Waals surface area contributed by atoms with Crippen molar-refractivity contribution in [3.63, 3.8) is 0 Å². The number of nitrogens with one attached hydrogen (secondary N) is 2. The van der Waals surface area contributed by atoms with Gasteiger partial charge in [0.2, 0.25) is 0 Å². The number of hydrogen-bond donors (Lipinski definition) is 2. The first-order valence-electron chi connectivity index (χ1n) is 8.56. The fraction of sp³-hybridized carbons (Fsp3) is 0.143. The molecule has 0 aliphatic heterocycles. The Morgan fingerprint density at radius 1 is 1.07 bits per heavy atom. The number of halogens is 1. The lowest BCUT2D eigenvalue weighted by Crippen LogP contribution is -2.23. The maximum atomic E-state index is 12.5. The lowest BCUT2D eigenvalue weighted by Gasteiger charge is -2.13. The highest BCUT2D eigenvalue weighted by atomic mass is 35.5. The molecular weight excluding hydrogens is 378 g/mol. The van der Waals surface area contributed by atoms with Crippen LogP contribution in [0, 0.1) is 0 Å². The van der Waals surface area contributed by atoms with Crippen LogP contribution in [0.4, 0.5) is 11.4 Å². The summed E-state index contributed by atoms with van der Waals surface area (Å²) >= 11 is 6.13. The number of methoxy groups -OCH3 is 2. The number of pyridine rings is 1. The zero-order valence-corrected chi connectivity index (χ0v) is 16.3. The van der Waals surface area contributed by atoms with Crippen molar-refractivity contribution in [2.45, 2.75) is 6.54 Å². The molecule has 1 amide bonds. The fourth-order valence-corrected chi connectivity index (χ4v) is 2.82. The average Bonchev–Trinajstić information content (AvgIpc) is 2.73. The number of benzene rings is 2. The van der Waals surface area contributed by atoms with Crippen molar-refractivity contribution >= 4 is 28.9 Å². The third-order valence-electron chi connectivity index (χ3n) is 4.08. The molecule has 3 aromatic rings. The van der Waals surface area contributed by atoms with Crippen molar-refractivity contribution in [2.24, 2.45) is 0 Å². The van der Waals surface area contributed by atoms with E-state index in [1.165, 1.54) is 6.20 Å². The molecule has 0 bridgehead atoms. The molecule has 7 heteroatoms. The Morgan fingerprint density at radius 3 is 2.64 bits per heavy atom. The minimum Gasteiger partial charge on any atom is -0.497 e. The number of carbonyl (C=O) groups excluding carboxylic acids is 1. The van der Waals surface area contributed by atoms with Crippen molar-refractivity contribution in [1.29, 1.82) is 0 Å². The van der Waals surface area contributed by atoms with Gasteiger partial charge < -0.3 is 20.1 Å². The van der Waals surface area contributed by atoms with Crippen LogP contribution >= 0.6 is 11.6 Å². The van der Waals surface area contributed by atoms with Gasteiger partial charge in [0.25, 0.3) is 5.91 Å². The molecule has 1 aromatic heterocycles. The van der Waals surface area contributed by atoms with E-state index in [1.54, 1.807) is 44.7 Å². The smallest absolute Gasteiger partial charge is 0.253 e. The van der Waals surface area contributed by atoms with E-state index in [0.717, 1.165) is 5.56 Å². The summed E-state index contributed by atoms with van der Waals surface area (Å²) in [5.74, 6) is 1.09. The second-order valence-corrected chi connectivity index (χ2v) is 6.33. The Bertz CT molecular complexity index is 979. The van der Waals surface area contributed by atoms with E-state index in [9.17, 15) is 4.79 Å². The van der Waals surface area contributed by atoms with E-state index in [-0.39, 0.29) is 5.91 Å². The van der Waals surface area contributed by atoms with Crippen LogP contribution in [0.25, 0.3) is 0 Å². The van der Waals surface area contributed by atoms with Crippen LogP contribution in [0.3, 0.4) is 0 Å². The lowest BCUT2D eigenvalue weighted by atomic mass is 10.2. The quantitative estimate of drug-likeness (QED) is 0.617. The molecule has 0 atom stereocenters. The van der Waals surface area contributed by atoms with Crippen LogP contribution < -0.4 is 20.1 Å². The first-order chi connectivity index (χ1) is 13.6. The standard InChI is InChI=1S/C21H20ClN3O3/c1-27-17-7-8-20(28-2)19(10-17)25-16-9-15(11-23-13-16)21(26)24-12-14-5-3-4-6-18(14)22/h3-11,13,25H,12H2,1-2H3,(H,24,26). The largest absolute Gasteiger partial charge is 0.497 e. The normalized spacial score (nSPS) is 10.2. The maximum Gasteiger partial charge on any atom is 0.253 e. The van der Waals surface area contributed by atoms with Gasteiger partial charge in [-0.3, -0.25) is 9.78 Å². The van der Waals surface area contributed by atoms with Gasteiger partial charge in [0.15, 0.2) is 0 Å². The number of aromatic nitrogens is 1. The predicted octanol–water partition coefficient (Wildman–Crippen LogP) is 4.43. The molecule has 2 N–H and O–H groups in total. The first-order valence-corrected chi connectivity index (χ1v) is 8.94. The average molecular weight is 398 g/mol. The fourth-order valence-electron chi connectivity index (χ4n) is 2.62. The summed E-state index contributed by atoms with van der Waals surface area (Å²) in [5, 5.41) is 6.67. The summed E-state index contributed by atoms with van der Waals surface area (Å²) < 4.78 is 10.6. The van der Waals surface area contributed by atoms with Gasteiger partial charge >= 0.3 is 0 Å². The van der Waals surface area contributed by atoms with E-state index in [4.69, 9.17) is 21.1 Å². The summed E-state index contributed by atoms with van der Waals surface area (Å²) in [6, 6.07) is 14.5. The second-order valence-electron chi connectivity index (χ2n) is 5.93. The Morgan fingerprint density at radius 2 is 1.89 bits per heavy atom. The first kappa shape index (κ1) is 19.5. The number of hydrogen-bond acceptors (Lipinski definition) is 5. The molecule has 6 nitrogen and oxygen atoms in total. The molecule has 144 valence electrons. The van der Waals surface area contributed by atoms with Crippen molar-refractivity contribution < 1.29 is 14.3 Å². The monoisotopic (exact) mass is 397 g/mol. The van der Waals surface area contributed by atoms with Crippen LogP contribution in [-0.4, -0.2) is 25.1 Å². The Hall–Kier alpha value is -3.25. The van der Waals surface area contributed by atoms with Gasteiger partial charge in [-0.15, -0.1) is 0 Å². The second kappa shape index (κ2) is 9.10. The highest BCUT2D eigenvalue weighted by Gasteiger charge is 2.10. The summed E-state index contributed by atoms with van der Waals surface area (Å²) in [5.41, 5.74) is 2.63. The van der Waals surface area contributed by atoms with Crippen LogP contribution in [0.15, 0.2) is 60.9 Å². The van der Waals surface area contributed by atoms with Crippen molar-refractivity contribution in [3.05, 3.63) is 77.1 Å². The third-order valence-corrected chi connectivity index (χ3v) is 4.45. The topological polar surface area (TPSA) is 72.5 Å². The molecule has 0 fully saturated rings. The highest BCUT2D eigenvalue weighted by Crippen LogP contribution is 2.31. The Kier molecular flexibility index (Phi) is 6.34. The van der Waals surface area contributed by atoms with Crippen LogP contribution in [0.5, 0.6) is 11.5 Å². The van der Waals surface area contributed by atoms with Gasteiger partial charge in [0, 0.05) is 23.8 Å². The zero-order chi connectivity index (χ0) is 19.9. The highest BCUT2D eigenvalue weighted by molar-refractivity contribution is 6.31. The van der Waals surface area contributed by atoms with E-state index in [0.29, 0.717) is 40.0 Å². The Labute approximate surface area is 168 Å². The molecule has 0 unspecified atom stereocenters. The number of amides is 1. The molecule has 0 aliphatic carbocycles. The van der Waals surface area contributed by atoms with Gasteiger partial charge in [-0.05, 0) is 29.8 Å². The predicted molar refractivity (Wildman–Crippen MR) is 110 cm³/mol. The van der Waals surface area contributed by atoms with E-state index in [1.807, 2.05) is 24.3 Å². The molecule has 0 saturated carbocycles. The van der Waals surface area contributed by atoms with Gasteiger partial charge in [-0.1, -0.05) is 29.8 Å². The molecule has 28 heavy (non-hydrogen) atoms. The summed E-state index contributed by atoms with van der Waals surface area (Å²) in [4.78, 5) is 16.6. The van der Waals surface area contributed by atoms with Gasteiger partial charge in [0.1, 0.15) is 11.5 Å². The van der Waals surface area contributed by atoms with Gasteiger partial charge in [0.05, 0.1) is 37.4 Å². The molecule has 0 spiro atoms. The van der Waals surface area contributed by atoms with E-state index in [2.05, 4.69) is 15.6 Å². The van der Waals surface area contributed by atoms with Crippen LogP contribution in [-0.2, 0) is 6.54 Å². The minimum absolute atomic E-state index is 0.242. The van der Waals surface area contributed by atoms with E-state index >= 15 is 0 Å². The van der Waals surface area contributed by atoms with Gasteiger partial charge in [-0.25, -0.2) is 0 Å². The summed E-state index contributed by atoms with van der Waals surface area (Å²) in [6.07, 6.45) is 3.14. The van der Waals surface area contributed by atoms with E-state index < -0.39 is 0 Å². The third kappa shape index (κ3) is 4.72. The number of ether oxygens (including phenoxy) is 2. The summed E-state index contributed by atoms with van der Waals surface area (Å²) in [7, 11) is 3.18. The molecule has 3 rings (SSSR count). The molecule has 0 saturated heterocycles. The maximum absolute atomic E-state index is 12.5. The molecule has 0 aliphatic rings. The minimum atomic E-state index is -0.242. The number of carbonyl (C=O) groups is 1. The zero-order valence-electron chi connectivity index (χ0n) is 15.5. The number of nitrogens with zero attached hydrogens (tertiary/aromatic N) is 1.